The number of H-pyrrole nitrogens is 2. The van der Waals surface area contributed by atoms with Gasteiger partial charge in [0.25, 0.3) is 5.56 Å². The van der Waals surface area contributed by atoms with Crippen molar-refractivity contribution in [2.45, 2.75) is 32.4 Å². The molecule has 0 unspecified atom stereocenters. The number of aromatic nitrogens is 4. The first-order valence-electron chi connectivity index (χ1n) is 7.49. The van der Waals surface area contributed by atoms with E-state index in [0.29, 0.717) is 17.3 Å². The van der Waals surface area contributed by atoms with Gasteiger partial charge in [-0.3, -0.25) is 9.89 Å². The van der Waals surface area contributed by atoms with Crippen molar-refractivity contribution in [1.82, 2.24) is 20.2 Å². The number of rotatable bonds is 3. The van der Waals surface area contributed by atoms with Gasteiger partial charge in [0.1, 0.15) is 17.2 Å². The maximum atomic E-state index is 13.4. The summed E-state index contributed by atoms with van der Waals surface area (Å²) in [6, 6.07) is 2.23. The van der Waals surface area contributed by atoms with Crippen LogP contribution in [0.2, 0.25) is 0 Å². The number of alkyl halides is 3. The summed E-state index contributed by atoms with van der Waals surface area (Å²) in [5, 5.41) is 6.60. The molecule has 0 saturated carbocycles. The molecule has 0 aliphatic heterocycles. The molecule has 0 atom stereocenters. The van der Waals surface area contributed by atoms with Crippen LogP contribution in [0.1, 0.15) is 42.4 Å². The van der Waals surface area contributed by atoms with E-state index in [9.17, 15) is 22.4 Å². The zero-order valence-corrected chi connectivity index (χ0v) is 13.3. The smallest absolute Gasteiger partial charge is 0.308 e. The number of hydrogen-bond donors (Lipinski definition) is 2. The van der Waals surface area contributed by atoms with Gasteiger partial charge in [0, 0.05) is 6.42 Å². The van der Waals surface area contributed by atoms with Crippen molar-refractivity contribution >= 4 is 11.0 Å². The molecule has 132 valence electrons. The molecule has 0 fully saturated rings. The predicted octanol–water partition coefficient (Wildman–Crippen LogP) is 3.52. The van der Waals surface area contributed by atoms with Crippen LogP contribution in [-0.2, 0) is 12.6 Å². The van der Waals surface area contributed by atoms with Crippen LogP contribution >= 0.6 is 0 Å². The molecule has 0 bridgehead atoms. The van der Waals surface area contributed by atoms with Crippen LogP contribution in [0.5, 0.6) is 0 Å². The zero-order chi connectivity index (χ0) is 18.4. The third kappa shape index (κ3) is 3.26. The molecule has 0 saturated heterocycles. The molecular formula is C16H14F4N4O. The average molecular weight is 354 g/mol. The van der Waals surface area contributed by atoms with Crippen molar-refractivity contribution in [3.63, 3.8) is 0 Å². The van der Waals surface area contributed by atoms with E-state index >= 15 is 0 Å². The fraction of sp³-hybridized carbons (Fsp3) is 0.312. The largest absolute Gasteiger partial charge is 0.416 e. The van der Waals surface area contributed by atoms with Crippen LogP contribution in [0.25, 0.3) is 11.0 Å². The number of nitrogens with zero attached hydrogens (tertiary/aromatic N) is 2. The number of benzene rings is 1. The Kier molecular flexibility index (Phi) is 4.09. The Balaban J connectivity index is 2.12. The van der Waals surface area contributed by atoms with E-state index in [1.54, 1.807) is 0 Å². The Morgan fingerprint density at radius 2 is 1.92 bits per heavy atom. The molecule has 3 aromatic rings. The minimum absolute atomic E-state index is 0.00736. The lowest BCUT2D eigenvalue weighted by Gasteiger charge is -2.12. The maximum absolute atomic E-state index is 13.4. The van der Waals surface area contributed by atoms with E-state index in [0.717, 1.165) is 12.1 Å². The molecule has 0 amide bonds. The number of halogens is 4. The van der Waals surface area contributed by atoms with Crippen molar-refractivity contribution in [2.24, 2.45) is 0 Å². The monoisotopic (exact) mass is 354 g/mol. The molecule has 0 aliphatic carbocycles. The predicted molar refractivity (Wildman–Crippen MR) is 82.8 cm³/mol. The van der Waals surface area contributed by atoms with Crippen molar-refractivity contribution in [2.75, 3.05) is 0 Å². The van der Waals surface area contributed by atoms with Gasteiger partial charge in [-0.1, -0.05) is 13.8 Å². The highest BCUT2D eigenvalue weighted by Crippen LogP contribution is 2.33. The summed E-state index contributed by atoms with van der Waals surface area (Å²) in [6.45, 7) is 3.73. The highest BCUT2D eigenvalue weighted by atomic mass is 19.4. The average Bonchev–Trinajstić information content (AvgIpc) is 2.90. The first kappa shape index (κ1) is 17.1. The Morgan fingerprint density at radius 3 is 2.56 bits per heavy atom. The van der Waals surface area contributed by atoms with Crippen molar-refractivity contribution in [1.29, 1.82) is 0 Å². The molecule has 2 N–H and O–H groups in total. The molecule has 3 rings (SSSR count). The van der Waals surface area contributed by atoms with E-state index in [4.69, 9.17) is 0 Å². The maximum Gasteiger partial charge on any atom is 0.416 e. The summed E-state index contributed by atoms with van der Waals surface area (Å²) < 4.78 is 52.7. The number of fused-ring (bicyclic) bond motifs is 1. The molecular weight excluding hydrogens is 340 g/mol. The van der Waals surface area contributed by atoms with Gasteiger partial charge in [0.2, 0.25) is 0 Å². The molecule has 0 aliphatic rings. The molecule has 25 heavy (non-hydrogen) atoms. The van der Waals surface area contributed by atoms with Crippen molar-refractivity contribution in [3.8, 4) is 0 Å². The van der Waals surface area contributed by atoms with E-state index in [-0.39, 0.29) is 29.2 Å². The van der Waals surface area contributed by atoms with Crippen LogP contribution in [0, 0.1) is 5.82 Å². The molecule has 5 nitrogen and oxygen atoms in total. The second-order valence-corrected chi connectivity index (χ2v) is 5.98. The lowest BCUT2D eigenvalue weighted by molar-refractivity contribution is -0.138. The Morgan fingerprint density at radius 1 is 1.20 bits per heavy atom. The van der Waals surface area contributed by atoms with Gasteiger partial charge in [-0.25, -0.2) is 9.37 Å². The van der Waals surface area contributed by atoms with Gasteiger partial charge in [-0.05, 0) is 29.7 Å². The van der Waals surface area contributed by atoms with E-state index in [1.165, 1.54) is 0 Å². The molecule has 0 radical (unpaired) electrons. The highest BCUT2D eigenvalue weighted by Gasteiger charge is 2.33. The van der Waals surface area contributed by atoms with Crippen molar-refractivity contribution in [3.05, 3.63) is 57.0 Å². The third-order valence-electron chi connectivity index (χ3n) is 3.80. The fourth-order valence-electron chi connectivity index (χ4n) is 2.63. The van der Waals surface area contributed by atoms with Gasteiger partial charge in [-0.15, -0.1) is 0 Å². The van der Waals surface area contributed by atoms with Gasteiger partial charge < -0.3 is 4.98 Å². The summed E-state index contributed by atoms with van der Waals surface area (Å²) in [5.74, 6) is -0.790. The second kappa shape index (κ2) is 5.98. The normalized spacial score (nSPS) is 12.3. The van der Waals surface area contributed by atoms with Crippen LogP contribution in [0.15, 0.2) is 23.0 Å². The van der Waals surface area contributed by atoms with Crippen molar-refractivity contribution < 1.29 is 17.6 Å². The minimum atomic E-state index is -4.63. The molecule has 2 aromatic heterocycles. The zero-order valence-electron chi connectivity index (χ0n) is 13.3. The van der Waals surface area contributed by atoms with E-state index in [2.05, 4.69) is 20.2 Å². The van der Waals surface area contributed by atoms with Gasteiger partial charge in [0.05, 0.1) is 11.3 Å². The summed E-state index contributed by atoms with van der Waals surface area (Å²) >= 11 is 0. The van der Waals surface area contributed by atoms with Crippen LogP contribution < -0.4 is 5.56 Å². The number of nitrogens with one attached hydrogen (secondary N) is 2. The number of aromatic amines is 2. The summed E-state index contributed by atoms with van der Waals surface area (Å²) in [6.07, 6.45) is -4.99. The standard InChI is InChI=1S/C16H14F4N4O/c1-7(2)12-13-14(24-23-12)15(25)22-11(21-13)6-8-5-9(17)3-4-10(8)16(18,19)20/h3-5,7H,6H2,1-2H3,(H,23,24)(H,21,22,25). The van der Waals surface area contributed by atoms with Crippen LogP contribution in [0.3, 0.4) is 0 Å². The minimum Gasteiger partial charge on any atom is -0.308 e. The van der Waals surface area contributed by atoms with Crippen LogP contribution in [0.4, 0.5) is 17.6 Å². The molecule has 2 heterocycles. The van der Waals surface area contributed by atoms with Gasteiger partial charge in [-0.2, -0.15) is 18.3 Å². The quantitative estimate of drug-likeness (QED) is 0.707. The lowest BCUT2D eigenvalue weighted by Crippen LogP contribution is -2.15. The van der Waals surface area contributed by atoms with E-state index in [1.807, 2.05) is 13.8 Å². The van der Waals surface area contributed by atoms with E-state index < -0.39 is 23.1 Å². The second-order valence-electron chi connectivity index (χ2n) is 5.98. The Bertz CT molecular complexity index is 988. The third-order valence-corrected chi connectivity index (χ3v) is 3.80. The first-order chi connectivity index (χ1) is 11.7. The summed E-state index contributed by atoms with van der Waals surface area (Å²) in [4.78, 5) is 18.7. The van der Waals surface area contributed by atoms with Gasteiger partial charge in [0.15, 0.2) is 5.52 Å². The molecule has 9 heteroatoms. The summed E-state index contributed by atoms with van der Waals surface area (Å²) in [7, 11) is 0. The van der Waals surface area contributed by atoms with Gasteiger partial charge >= 0.3 is 6.18 Å². The first-order valence-corrected chi connectivity index (χ1v) is 7.49. The summed E-state index contributed by atoms with van der Waals surface area (Å²) in [5.41, 5.74) is -0.829. The molecule has 1 aromatic carbocycles. The molecule has 0 spiro atoms. The van der Waals surface area contributed by atoms with Crippen LogP contribution in [-0.4, -0.2) is 20.2 Å². The topological polar surface area (TPSA) is 74.4 Å². The Labute approximate surface area is 139 Å². The number of hydrogen-bond acceptors (Lipinski definition) is 3. The highest BCUT2D eigenvalue weighted by molar-refractivity contribution is 5.76. The lowest BCUT2D eigenvalue weighted by atomic mass is 10.0. The fourth-order valence-corrected chi connectivity index (χ4v) is 2.63. The Hall–Kier alpha value is -2.71. The SMILES string of the molecule is CC(C)c1[nH]nc2c(=O)[nH]c(Cc3cc(F)ccc3C(F)(F)F)nc12.